The Kier molecular flexibility index (Phi) is 8.80. The van der Waals surface area contributed by atoms with Gasteiger partial charge in [0.2, 0.25) is 0 Å². The second-order valence-corrected chi connectivity index (χ2v) is 10.4. The average molecular weight is 591 g/mol. The topological polar surface area (TPSA) is 148 Å². The Balaban J connectivity index is 1.63. The summed E-state index contributed by atoms with van der Waals surface area (Å²) in [6.45, 7) is 5.11. The second-order valence-electron chi connectivity index (χ2n) is 9.48. The number of aromatic nitrogens is 1. The van der Waals surface area contributed by atoms with Gasteiger partial charge >= 0.3 is 0 Å². The molecule has 2 amide bonds. The Labute approximate surface area is 228 Å². The van der Waals surface area contributed by atoms with Crippen LogP contribution in [0.15, 0.2) is 35.1 Å². The lowest BCUT2D eigenvalue weighted by atomic mass is 10.0. The van der Waals surface area contributed by atoms with Crippen LogP contribution in [0, 0.1) is 10.1 Å². The maximum absolute atomic E-state index is 13.7. The van der Waals surface area contributed by atoms with E-state index in [1.165, 1.54) is 12.3 Å². The SMILES string of the molecule is CNc1cncc(C(=O)N[C@H]2COCC[C@H]2Nc2c(C(=O)N3C[C@@H](C)O[C@H](C)C3)cc(Br)cc2[N+](=O)[O-])c1. The zero-order valence-electron chi connectivity index (χ0n) is 21.4. The molecular weight excluding hydrogens is 560 g/mol. The van der Waals surface area contributed by atoms with E-state index in [1.807, 2.05) is 13.8 Å². The Morgan fingerprint density at radius 1 is 1.16 bits per heavy atom. The number of hydrogen-bond donors (Lipinski definition) is 3. The molecule has 2 saturated heterocycles. The molecule has 2 aliphatic heterocycles. The molecular formula is C25H31BrN6O6. The van der Waals surface area contributed by atoms with Crippen LogP contribution in [0.1, 0.15) is 41.0 Å². The number of ether oxygens (including phenoxy) is 2. The summed E-state index contributed by atoms with van der Waals surface area (Å²) in [5, 5.41) is 21.2. The molecule has 13 heteroatoms. The molecule has 4 rings (SSSR count). The van der Waals surface area contributed by atoms with Gasteiger partial charge in [-0.2, -0.15) is 0 Å². The molecule has 4 atom stereocenters. The van der Waals surface area contributed by atoms with E-state index >= 15 is 0 Å². The lowest BCUT2D eigenvalue weighted by Gasteiger charge is -2.36. The molecule has 12 nitrogen and oxygen atoms in total. The lowest BCUT2D eigenvalue weighted by Crippen LogP contribution is -2.53. The van der Waals surface area contributed by atoms with Gasteiger partial charge < -0.3 is 30.3 Å². The molecule has 2 fully saturated rings. The van der Waals surface area contributed by atoms with Gasteiger partial charge in [0.15, 0.2) is 0 Å². The molecule has 38 heavy (non-hydrogen) atoms. The van der Waals surface area contributed by atoms with Crippen molar-refractivity contribution in [2.24, 2.45) is 0 Å². The standard InChI is InChI=1S/C25H31BrN6O6/c1-14-11-31(12-15(2)38-14)25(34)19-7-17(26)8-22(32(35)36)23(19)29-20-4-5-37-13-21(20)30-24(33)16-6-18(27-3)10-28-9-16/h6-10,14-15,20-21,27,29H,4-5,11-13H2,1-3H3,(H,30,33)/t14-,15-,20-,21+/m1/s1. The van der Waals surface area contributed by atoms with Crippen LogP contribution in [0.5, 0.6) is 0 Å². The fourth-order valence-corrected chi connectivity index (χ4v) is 5.21. The molecule has 204 valence electrons. The first-order valence-electron chi connectivity index (χ1n) is 12.4. The molecule has 1 aromatic heterocycles. The summed E-state index contributed by atoms with van der Waals surface area (Å²) in [5.41, 5.74) is 1.10. The van der Waals surface area contributed by atoms with Gasteiger partial charge in [-0.3, -0.25) is 24.7 Å². The minimum atomic E-state index is -0.518. The Hall–Kier alpha value is -3.29. The fourth-order valence-electron chi connectivity index (χ4n) is 4.76. The number of nitrogens with one attached hydrogen (secondary N) is 3. The highest BCUT2D eigenvalue weighted by Crippen LogP contribution is 2.35. The molecule has 0 saturated carbocycles. The number of amides is 2. The summed E-state index contributed by atoms with van der Waals surface area (Å²) in [6.07, 6.45) is 3.21. The first-order valence-corrected chi connectivity index (χ1v) is 13.2. The van der Waals surface area contributed by atoms with Crippen molar-refractivity contribution in [3.8, 4) is 0 Å². The minimum absolute atomic E-state index is 0.111. The normalized spacial score (nSPS) is 23.4. The first-order chi connectivity index (χ1) is 18.2. The fraction of sp³-hybridized carbons (Fsp3) is 0.480. The second kappa shape index (κ2) is 12.0. The molecule has 0 aliphatic carbocycles. The van der Waals surface area contributed by atoms with Gasteiger partial charge in [0.05, 0.1) is 52.6 Å². The monoisotopic (exact) mass is 590 g/mol. The molecule has 3 heterocycles. The quantitative estimate of drug-likeness (QED) is 0.327. The van der Waals surface area contributed by atoms with Crippen LogP contribution >= 0.6 is 15.9 Å². The van der Waals surface area contributed by atoms with Crippen molar-refractivity contribution in [2.75, 3.05) is 44.0 Å². The molecule has 0 unspecified atom stereocenters. The summed E-state index contributed by atoms with van der Waals surface area (Å²) >= 11 is 3.32. The van der Waals surface area contributed by atoms with Gasteiger partial charge in [0.25, 0.3) is 17.5 Å². The predicted octanol–water partition coefficient (Wildman–Crippen LogP) is 3.04. The smallest absolute Gasteiger partial charge is 0.294 e. The molecule has 0 bridgehead atoms. The van der Waals surface area contributed by atoms with E-state index in [4.69, 9.17) is 9.47 Å². The number of nitrogens with zero attached hydrogens (tertiary/aromatic N) is 3. The van der Waals surface area contributed by atoms with Crippen LogP contribution in [-0.2, 0) is 9.47 Å². The number of rotatable bonds is 7. The van der Waals surface area contributed by atoms with Gasteiger partial charge in [-0.05, 0) is 32.4 Å². The van der Waals surface area contributed by atoms with Crippen LogP contribution in [0.3, 0.4) is 0 Å². The third kappa shape index (κ3) is 6.40. The van der Waals surface area contributed by atoms with Crippen LogP contribution < -0.4 is 16.0 Å². The van der Waals surface area contributed by atoms with Crippen LogP contribution in [-0.4, -0.2) is 84.3 Å². The summed E-state index contributed by atoms with van der Waals surface area (Å²) in [7, 11) is 1.73. The molecule has 0 radical (unpaired) electrons. The largest absolute Gasteiger partial charge is 0.387 e. The molecule has 1 aromatic carbocycles. The van der Waals surface area contributed by atoms with Gasteiger partial charge in [-0.25, -0.2) is 0 Å². The summed E-state index contributed by atoms with van der Waals surface area (Å²) < 4.78 is 11.8. The highest BCUT2D eigenvalue weighted by atomic mass is 79.9. The highest BCUT2D eigenvalue weighted by Gasteiger charge is 2.34. The number of nitro groups is 1. The van der Waals surface area contributed by atoms with Crippen molar-refractivity contribution in [2.45, 2.75) is 44.6 Å². The summed E-state index contributed by atoms with van der Waals surface area (Å²) in [4.78, 5) is 43.9. The average Bonchev–Trinajstić information content (AvgIpc) is 2.89. The summed E-state index contributed by atoms with van der Waals surface area (Å²) in [5.74, 6) is -0.684. The van der Waals surface area contributed by atoms with Gasteiger partial charge in [-0.1, -0.05) is 15.9 Å². The van der Waals surface area contributed by atoms with Gasteiger partial charge in [0.1, 0.15) is 5.69 Å². The number of carbonyl (C=O) groups is 2. The first kappa shape index (κ1) is 27.7. The van der Waals surface area contributed by atoms with Crippen molar-refractivity contribution in [1.82, 2.24) is 15.2 Å². The minimum Gasteiger partial charge on any atom is -0.387 e. The molecule has 2 aromatic rings. The van der Waals surface area contributed by atoms with Crippen molar-refractivity contribution in [3.05, 3.63) is 56.3 Å². The van der Waals surface area contributed by atoms with Crippen LogP contribution in [0.25, 0.3) is 0 Å². The number of morpholine rings is 1. The summed E-state index contributed by atoms with van der Waals surface area (Å²) in [6, 6.07) is 3.69. The Bertz CT molecular complexity index is 1200. The molecule has 2 aliphatic rings. The van der Waals surface area contributed by atoms with E-state index in [1.54, 1.807) is 30.3 Å². The number of benzene rings is 1. The maximum atomic E-state index is 13.7. The lowest BCUT2D eigenvalue weighted by molar-refractivity contribution is -0.384. The van der Waals surface area contributed by atoms with E-state index in [2.05, 4.69) is 36.9 Å². The number of hydrogen-bond acceptors (Lipinski definition) is 9. The Morgan fingerprint density at radius 3 is 2.58 bits per heavy atom. The highest BCUT2D eigenvalue weighted by molar-refractivity contribution is 9.10. The number of carbonyl (C=O) groups excluding carboxylic acids is 2. The van der Waals surface area contributed by atoms with Crippen LogP contribution in [0.2, 0.25) is 0 Å². The van der Waals surface area contributed by atoms with E-state index in [0.717, 1.165) is 0 Å². The number of pyridine rings is 1. The zero-order chi connectivity index (χ0) is 27.4. The number of halogens is 1. The van der Waals surface area contributed by atoms with Crippen molar-refractivity contribution in [1.29, 1.82) is 0 Å². The van der Waals surface area contributed by atoms with E-state index in [-0.39, 0.29) is 47.6 Å². The number of anilines is 2. The van der Waals surface area contributed by atoms with Crippen molar-refractivity contribution < 1.29 is 24.0 Å². The molecule has 3 N–H and O–H groups in total. The van der Waals surface area contributed by atoms with Gasteiger partial charge in [-0.15, -0.1) is 0 Å². The number of nitro benzene ring substituents is 1. The third-order valence-electron chi connectivity index (χ3n) is 6.51. The van der Waals surface area contributed by atoms with E-state index in [9.17, 15) is 19.7 Å². The van der Waals surface area contributed by atoms with Crippen LogP contribution in [0.4, 0.5) is 17.1 Å². The van der Waals surface area contributed by atoms with E-state index < -0.39 is 17.0 Å². The predicted molar refractivity (Wildman–Crippen MR) is 145 cm³/mol. The third-order valence-corrected chi connectivity index (χ3v) is 6.97. The Morgan fingerprint density at radius 2 is 1.89 bits per heavy atom. The zero-order valence-corrected chi connectivity index (χ0v) is 23.0. The molecule has 0 spiro atoms. The maximum Gasteiger partial charge on any atom is 0.294 e. The van der Waals surface area contributed by atoms with Gasteiger partial charge in [0, 0.05) is 49.7 Å². The van der Waals surface area contributed by atoms with Crippen molar-refractivity contribution in [3.63, 3.8) is 0 Å². The van der Waals surface area contributed by atoms with E-state index in [0.29, 0.717) is 41.8 Å². The van der Waals surface area contributed by atoms with Crippen molar-refractivity contribution >= 4 is 44.8 Å².